The van der Waals surface area contributed by atoms with Crippen LogP contribution < -0.4 is 5.32 Å². The van der Waals surface area contributed by atoms with Crippen LogP contribution in [0.25, 0.3) is 0 Å². The minimum Gasteiger partial charge on any atom is -0.378 e. The van der Waals surface area contributed by atoms with Crippen molar-refractivity contribution in [3.05, 3.63) is 35.4 Å². The Bertz CT molecular complexity index is 703. The van der Waals surface area contributed by atoms with Gasteiger partial charge in [0.2, 0.25) is 5.91 Å². The number of carbonyl (C=O) groups is 1. The predicted octanol–water partition coefficient (Wildman–Crippen LogP) is 3.28. The quantitative estimate of drug-likeness (QED) is 0.411. The van der Waals surface area contributed by atoms with Gasteiger partial charge in [0, 0.05) is 45.2 Å². The predicted molar refractivity (Wildman–Crippen MR) is 127 cm³/mol. The molecule has 1 N–H and O–H groups in total. The Hall–Kier alpha value is -2.08. The third-order valence-electron chi connectivity index (χ3n) is 6.33. The van der Waals surface area contributed by atoms with Gasteiger partial charge in [0.1, 0.15) is 0 Å². The summed E-state index contributed by atoms with van der Waals surface area (Å²) >= 11 is 0. The zero-order valence-electron chi connectivity index (χ0n) is 19.6. The molecule has 2 heterocycles. The second-order valence-corrected chi connectivity index (χ2v) is 8.93. The van der Waals surface area contributed by atoms with E-state index >= 15 is 0 Å². The van der Waals surface area contributed by atoms with E-state index in [4.69, 9.17) is 9.73 Å². The lowest BCUT2D eigenvalue weighted by Crippen LogP contribution is -2.50. The summed E-state index contributed by atoms with van der Waals surface area (Å²) in [6.45, 7) is 12.9. The van der Waals surface area contributed by atoms with E-state index in [-0.39, 0.29) is 5.92 Å². The van der Waals surface area contributed by atoms with Crippen LogP contribution in [0.1, 0.15) is 57.1 Å². The topological polar surface area (TPSA) is 57.2 Å². The first-order chi connectivity index (χ1) is 15.1. The summed E-state index contributed by atoms with van der Waals surface area (Å²) in [5.74, 6) is 2.03. The lowest BCUT2D eigenvalue weighted by molar-refractivity contribution is -0.140. The van der Waals surface area contributed by atoms with Gasteiger partial charge in [-0.25, -0.2) is 0 Å². The van der Waals surface area contributed by atoms with Crippen LogP contribution in [0.4, 0.5) is 0 Å². The molecule has 0 aromatic heterocycles. The number of nitrogens with zero attached hydrogens (tertiary/aromatic N) is 3. The number of rotatable bonds is 7. The molecule has 172 valence electrons. The van der Waals surface area contributed by atoms with Gasteiger partial charge in [0.05, 0.1) is 13.2 Å². The highest BCUT2D eigenvalue weighted by Gasteiger charge is 2.30. The van der Waals surface area contributed by atoms with Gasteiger partial charge in [-0.3, -0.25) is 9.79 Å². The number of piperidine rings is 1. The molecule has 1 aromatic carbocycles. The van der Waals surface area contributed by atoms with Gasteiger partial charge in [-0.1, -0.05) is 38.1 Å². The number of hydrogen-bond donors (Lipinski definition) is 1. The number of hydrogen-bond acceptors (Lipinski definition) is 3. The normalized spacial score (nSPS) is 18.5. The zero-order chi connectivity index (χ0) is 22.1. The van der Waals surface area contributed by atoms with Crippen molar-refractivity contribution < 1.29 is 9.53 Å². The fourth-order valence-corrected chi connectivity index (χ4v) is 4.34. The van der Waals surface area contributed by atoms with E-state index in [0.29, 0.717) is 25.0 Å². The van der Waals surface area contributed by atoms with Gasteiger partial charge in [-0.15, -0.1) is 0 Å². The highest BCUT2D eigenvalue weighted by Crippen LogP contribution is 2.21. The molecule has 2 aliphatic heterocycles. The second-order valence-electron chi connectivity index (χ2n) is 8.93. The molecule has 31 heavy (non-hydrogen) atoms. The van der Waals surface area contributed by atoms with Gasteiger partial charge in [0.25, 0.3) is 0 Å². The number of carbonyl (C=O) groups excluding carboxylic acids is 1. The molecular weight excluding hydrogens is 388 g/mol. The van der Waals surface area contributed by atoms with Crippen molar-refractivity contribution in [2.24, 2.45) is 10.9 Å². The third kappa shape index (κ3) is 6.96. The zero-order valence-corrected chi connectivity index (χ0v) is 19.6. The van der Waals surface area contributed by atoms with Crippen molar-refractivity contribution in [2.75, 3.05) is 52.5 Å². The Morgan fingerprint density at radius 3 is 2.39 bits per heavy atom. The number of aryl methyl sites for hydroxylation is 1. The molecule has 3 rings (SSSR count). The van der Waals surface area contributed by atoms with Crippen LogP contribution in [0.2, 0.25) is 0 Å². The number of amides is 1. The van der Waals surface area contributed by atoms with Crippen molar-refractivity contribution in [1.29, 1.82) is 0 Å². The number of aliphatic imine (C=N–C) groups is 1. The smallest absolute Gasteiger partial charge is 0.225 e. The SMILES string of the molecule is CCNC(=NCCCc1ccc(C(C)C)cc1)N1CCC(C(=O)N2CCOCC2)CC1. The Balaban J connectivity index is 1.45. The highest BCUT2D eigenvalue weighted by atomic mass is 16.5. The molecule has 6 nitrogen and oxygen atoms in total. The van der Waals surface area contributed by atoms with Crippen LogP contribution in [0.15, 0.2) is 29.3 Å². The number of ether oxygens (including phenoxy) is 1. The van der Waals surface area contributed by atoms with E-state index in [0.717, 1.165) is 70.9 Å². The van der Waals surface area contributed by atoms with Crippen LogP contribution in [0.3, 0.4) is 0 Å². The second kappa shape index (κ2) is 12.1. The molecule has 0 aliphatic carbocycles. The van der Waals surface area contributed by atoms with Crippen molar-refractivity contribution in [2.45, 2.75) is 52.4 Å². The van der Waals surface area contributed by atoms with E-state index in [9.17, 15) is 4.79 Å². The van der Waals surface area contributed by atoms with Gasteiger partial charge in [-0.05, 0) is 49.7 Å². The molecule has 6 heteroatoms. The van der Waals surface area contributed by atoms with Gasteiger partial charge in [0.15, 0.2) is 5.96 Å². The maximum atomic E-state index is 12.8. The van der Waals surface area contributed by atoms with Crippen molar-refractivity contribution in [1.82, 2.24) is 15.1 Å². The van der Waals surface area contributed by atoms with E-state index in [1.165, 1.54) is 11.1 Å². The van der Waals surface area contributed by atoms with Crippen molar-refractivity contribution in [3.63, 3.8) is 0 Å². The summed E-state index contributed by atoms with van der Waals surface area (Å²) in [7, 11) is 0. The molecular formula is C25H40N4O2. The van der Waals surface area contributed by atoms with Crippen LogP contribution in [-0.2, 0) is 16.0 Å². The molecule has 2 saturated heterocycles. The molecule has 2 aliphatic rings. The first kappa shape index (κ1) is 23.6. The molecule has 0 bridgehead atoms. The lowest BCUT2D eigenvalue weighted by atomic mass is 9.95. The maximum absolute atomic E-state index is 12.8. The number of guanidine groups is 1. The summed E-state index contributed by atoms with van der Waals surface area (Å²) in [5.41, 5.74) is 2.78. The maximum Gasteiger partial charge on any atom is 0.225 e. The van der Waals surface area contributed by atoms with Gasteiger partial charge in [-0.2, -0.15) is 0 Å². The average Bonchev–Trinajstić information content (AvgIpc) is 2.81. The number of nitrogens with one attached hydrogen (secondary N) is 1. The summed E-state index contributed by atoms with van der Waals surface area (Å²) in [6.07, 6.45) is 3.91. The van der Waals surface area contributed by atoms with Gasteiger partial charge < -0.3 is 19.9 Å². The summed E-state index contributed by atoms with van der Waals surface area (Å²) in [5, 5.41) is 3.44. The summed E-state index contributed by atoms with van der Waals surface area (Å²) in [4.78, 5) is 21.9. The number of morpholine rings is 1. The average molecular weight is 429 g/mol. The minimum absolute atomic E-state index is 0.144. The Morgan fingerprint density at radius 1 is 1.10 bits per heavy atom. The Kier molecular flexibility index (Phi) is 9.19. The molecule has 0 saturated carbocycles. The van der Waals surface area contributed by atoms with Crippen LogP contribution in [0.5, 0.6) is 0 Å². The first-order valence-corrected chi connectivity index (χ1v) is 12.1. The summed E-state index contributed by atoms with van der Waals surface area (Å²) < 4.78 is 5.38. The lowest BCUT2D eigenvalue weighted by Gasteiger charge is -2.36. The molecule has 0 radical (unpaired) electrons. The van der Waals surface area contributed by atoms with E-state index in [1.807, 2.05) is 4.90 Å². The van der Waals surface area contributed by atoms with E-state index in [2.05, 4.69) is 55.3 Å². The largest absolute Gasteiger partial charge is 0.378 e. The molecule has 0 unspecified atom stereocenters. The fourth-order valence-electron chi connectivity index (χ4n) is 4.34. The molecule has 1 aromatic rings. The van der Waals surface area contributed by atoms with Crippen molar-refractivity contribution in [3.8, 4) is 0 Å². The molecule has 0 atom stereocenters. The fraction of sp³-hybridized carbons (Fsp3) is 0.680. The van der Waals surface area contributed by atoms with Gasteiger partial charge >= 0.3 is 0 Å². The number of likely N-dealkylation sites (tertiary alicyclic amines) is 1. The molecule has 2 fully saturated rings. The molecule has 0 spiro atoms. The Morgan fingerprint density at radius 2 is 1.77 bits per heavy atom. The van der Waals surface area contributed by atoms with Crippen LogP contribution in [-0.4, -0.2) is 74.1 Å². The van der Waals surface area contributed by atoms with Crippen LogP contribution in [0, 0.1) is 5.92 Å². The van der Waals surface area contributed by atoms with E-state index < -0.39 is 0 Å². The van der Waals surface area contributed by atoms with Crippen LogP contribution >= 0.6 is 0 Å². The Labute approximate surface area is 188 Å². The number of benzene rings is 1. The minimum atomic E-state index is 0.144. The monoisotopic (exact) mass is 428 g/mol. The summed E-state index contributed by atoms with van der Waals surface area (Å²) in [6, 6.07) is 8.99. The first-order valence-electron chi connectivity index (χ1n) is 12.1. The standard InChI is InChI=1S/C25H40N4O2/c1-4-26-25(27-13-5-6-21-7-9-22(10-8-21)20(2)3)29-14-11-23(12-15-29)24(30)28-16-18-31-19-17-28/h7-10,20,23H,4-6,11-19H2,1-3H3,(H,26,27). The van der Waals surface area contributed by atoms with Crippen molar-refractivity contribution >= 4 is 11.9 Å². The van der Waals surface area contributed by atoms with E-state index in [1.54, 1.807) is 0 Å². The third-order valence-corrected chi connectivity index (χ3v) is 6.33. The highest BCUT2D eigenvalue weighted by molar-refractivity contribution is 5.81. The molecule has 1 amide bonds.